The predicted molar refractivity (Wildman–Crippen MR) is 71.6 cm³/mol. The molecular weight excluding hydrogens is 326 g/mol. The number of hydrogen-bond donors (Lipinski definition) is 2. The van der Waals surface area contributed by atoms with E-state index >= 15 is 0 Å². The second-order valence-corrected chi connectivity index (χ2v) is 5.27. The molecule has 23 heavy (non-hydrogen) atoms. The van der Waals surface area contributed by atoms with Crippen LogP contribution in [0.3, 0.4) is 0 Å². The van der Waals surface area contributed by atoms with Gasteiger partial charge in [-0.2, -0.15) is 0 Å². The molecule has 0 saturated heterocycles. The first-order chi connectivity index (χ1) is 10.7. The van der Waals surface area contributed by atoms with Gasteiger partial charge in [0.25, 0.3) is 0 Å². The summed E-state index contributed by atoms with van der Waals surface area (Å²) in [5, 5.41) is 5.63. The molecule has 2 aromatic rings. The number of H-pyrrole nitrogens is 1. The molecule has 9 heteroatoms. The summed E-state index contributed by atoms with van der Waals surface area (Å²) in [4.78, 5) is 14.8. The number of benzene rings is 1. The number of urea groups is 1. The Labute approximate surface area is 135 Å². The minimum atomic E-state index is -4.94. The molecule has 124 valence electrons. The van der Waals surface area contributed by atoms with Crippen LogP contribution < -0.4 is 34.3 Å². The number of nitrogens with one attached hydrogen (secondary N) is 3. The summed E-state index contributed by atoms with van der Waals surface area (Å²) in [6.07, 6.45) is 3.51. The third-order valence-corrected chi connectivity index (χ3v) is 2.68. The molecule has 1 heterocycles. The van der Waals surface area contributed by atoms with Crippen LogP contribution in [-0.4, -0.2) is 6.03 Å². The van der Waals surface area contributed by atoms with E-state index in [9.17, 15) is 4.79 Å². The fourth-order valence-corrected chi connectivity index (χ4v) is 1.76. The number of para-hydroxylation sites is 1. The van der Waals surface area contributed by atoms with Gasteiger partial charge in [-0.05, 0) is 31.0 Å². The first kappa shape index (κ1) is 18.8. The van der Waals surface area contributed by atoms with Gasteiger partial charge < -0.3 is 10.6 Å². The molecule has 2 rings (SSSR count). The van der Waals surface area contributed by atoms with Gasteiger partial charge in [-0.1, -0.05) is 18.2 Å². The average Bonchev–Trinajstić information content (AvgIpc) is 2.42. The quantitative estimate of drug-likeness (QED) is 0.648. The van der Waals surface area contributed by atoms with E-state index < -0.39 is 10.2 Å². The van der Waals surface area contributed by atoms with Crippen molar-refractivity contribution in [3.05, 3.63) is 53.9 Å². The van der Waals surface area contributed by atoms with Gasteiger partial charge in [0.05, 0.1) is 0 Å². The predicted octanol–water partition coefficient (Wildman–Crippen LogP) is -1.99. The Morgan fingerprint density at radius 1 is 1.00 bits per heavy atom. The minimum absolute atomic E-state index is 0.244. The number of amides is 2. The van der Waals surface area contributed by atoms with E-state index in [-0.39, 0.29) is 6.03 Å². The van der Waals surface area contributed by atoms with Crippen molar-refractivity contribution >= 4 is 17.4 Å². The summed E-state index contributed by atoms with van der Waals surface area (Å²) in [5.41, 5.74) is 3.67. The molecule has 0 aliphatic heterocycles. The van der Waals surface area contributed by atoms with E-state index in [4.69, 9.17) is 18.6 Å². The molecule has 0 fully saturated rings. The maximum Gasteiger partial charge on any atom is 0.323 e. The van der Waals surface area contributed by atoms with Gasteiger partial charge in [0.1, 0.15) is 5.69 Å². The molecule has 0 aliphatic rings. The Hall–Kier alpha value is -2.23. The summed E-state index contributed by atoms with van der Waals surface area (Å²) >= 11 is 0. The van der Waals surface area contributed by atoms with E-state index in [1.54, 1.807) is 12.4 Å². The Balaban J connectivity index is 0.000000463. The second kappa shape index (κ2) is 8.42. The Morgan fingerprint density at radius 2 is 1.57 bits per heavy atom. The Morgan fingerprint density at radius 3 is 2.04 bits per heavy atom. The second-order valence-electron chi connectivity index (χ2n) is 4.52. The van der Waals surface area contributed by atoms with Crippen molar-refractivity contribution < 1.29 is 38.7 Å². The first-order valence-corrected chi connectivity index (χ1v) is 7.62. The number of aromatic amines is 1. The van der Waals surface area contributed by atoms with Gasteiger partial charge in [0.2, 0.25) is 0 Å². The number of anilines is 2. The van der Waals surface area contributed by atoms with E-state index in [1.807, 2.05) is 44.2 Å². The summed E-state index contributed by atoms with van der Waals surface area (Å²) in [6, 6.07) is 9.32. The lowest BCUT2D eigenvalue weighted by atomic mass is 10.1. The number of carbonyl (C=O) groups is 1. The Bertz CT molecular complexity index is 620. The summed E-state index contributed by atoms with van der Waals surface area (Å²) in [5.74, 6) is 0. The van der Waals surface area contributed by atoms with E-state index in [2.05, 4.69) is 15.6 Å². The molecule has 0 unspecified atom stereocenters. The number of carbonyl (C=O) groups excluding carboxylic acids is 1. The zero-order valence-corrected chi connectivity index (χ0v) is 13.2. The smallest absolute Gasteiger partial charge is 0.307 e. The molecule has 0 radical (unpaired) electrons. The molecule has 2 amide bonds. The standard InChI is InChI=1S/C14H15N3O.ClHO4/c1-10-5-3-6-11(2)13(10)17-14(18)16-12-7-4-8-15-9-12;2-1(3,4)5/h3-9H,1-2H3,(H2,16,17,18);(H,2,3,4,5). The van der Waals surface area contributed by atoms with Crippen molar-refractivity contribution in [1.82, 2.24) is 0 Å². The van der Waals surface area contributed by atoms with E-state index in [0.717, 1.165) is 22.5 Å². The number of hydrogen-bond acceptors (Lipinski definition) is 5. The molecule has 0 atom stereocenters. The van der Waals surface area contributed by atoms with E-state index in [0.29, 0.717) is 0 Å². The van der Waals surface area contributed by atoms with Crippen LogP contribution in [0, 0.1) is 24.1 Å². The molecule has 1 aromatic carbocycles. The summed E-state index contributed by atoms with van der Waals surface area (Å²) < 4.78 is 34.0. The van der Waals surface area contributed by atoms with Gasteiger partial charge in [-0.15, -0.1) is 10.2 Å². The van der Waals surface area contributed by atoms with Crippen LogP contribution in [0.1, 0.15) is 11.1 Å². The van der Waals surface area contributed by atoms with E-state index in [1.165, 1.54) is 0 Å². The summed E-state index contributed by atoms with van der Waals surface area (Å²) in [7, 11) is -4.94. The van der Waals surface area contributed by atoms with Crippen molar-refractivity contribution in [1.29, 1.82) is 0 Å². The number of rotatable bonds is 2. The maximum absolute atomic E-state index is 11.9. The largest absolute Gasteiger partial charge is 0.323 e. The van der Waals surface area contributed by atoms with Crippen molar-refractivity contribution in [3.8, 4) is 0 Å². The zero-order chi connectivity index (χ0) is 17.5. The highest BCUT2D eigenvalue weighted by molar-refractivity contribution is 6.00. The van der Waals surface area contributed by atoms with Gasteiger partial charge >= 0.3 is 6.03 Å². The van der Waals surface area contributed by atoms with Crippen LogP contribution >= 0.6 is 0 Å². The first-order valence-electron chi connectivity index (χ1n) is 6.39. The van der Waals surface area contributed by atoms with Crippen molar-refractivity contribution in [2.45, 2.75) is 13.8 Å². The highest BCUT2D eigenvalue weighted by Gasteiger charge is 2.07. The molecule has 3 N–H and O–H groups in total. The van der Waals surface area contributed by atoms with Gasteiger partial charge in [0, 0.05) is 11.8 Å². The van der Waals surface area contributed by atoms with Crippen LogP contribution in [0.4, 0.5) is 16.2 Å². The molecular formula is C14H16ClN3O5. The van der Waals surface area contributed by atoms with Crippen molar-refractivity contribution in [2.24, 2.45) is 0 Å². The van der Waals surface area contributed by atoms with Crippen LogP contribution in [0.5, 0.6) is 0 Å². The monoisotopic (exact) mass is 341 g/mol. The minimum Gasteiger partial charge on any atom is -0.307 e. The lowest BCUT2D eigenvalue weighted by Crippen LogP contribution is -2.68. The molecule has 0 bridgehead atoms. The highest BCUT2D eigenvalue weighted by Crippen LogP contribution is 2.19. The highest BCUT2D eigenvalue weighted by atomic mass is 35.7. The Kier molecular flexibility index (Phi) is 6.89. The number of pyridine rings is 1. The molecule has 0 saturated carbocycles. The lowest BCUT2D eigenvalue weighted by Gasteiger charge is -2.17. The topological polar surface area (TPSA) is 148 Å². The number of halogens is 1. The van der Waals surface area contributed by atoms with Crippen LogP contribution in [0.2, 0.25) is 0 Å². The van der Waals surface area contributed by atoms with Crippen LogP contribution in [0.15, 0.2) is 42.7 Å². The summed E-state index contributed by atoms with van der Waals surface area (Å²) in [6.45, 7) is 3.94. The number of aryl methyl sites for hydroxylation is 2. The third kappa shape index (κ3) is 8.10. The average molecular weight is 342 g/mol. The van der Waals surface area contributed by atoms with Crippen LogP contribution in [0.25, 0.3) is 0 Å². The van der Waals surface area contributed by atoms with Crippen LogP contribution in [-0.2, 0) is 0 Å². The molecule has 1 aromatic heterocycles. The SMILES string of the molecule is Cc1cccc(C)c1NC(=O)Nc1ccc[nH+]c1.[O-][Cl+3]([O-])([O-])[O-]. The molecule has 0 aliphatic carbocycles. The van der Waals surface area contributed by atoms with Gasteiger partial charge in [-0.3, -0.25) is 0 Å². The van der Waals surface area contributed by atoms with Crippen molar-refractivity contribution in [2.75, 3.05) is 10.6 Å². The fraction of sp³-hybridized carbons (Fsp3) is 0.143. The lowest BCUT2D eigenvalue weighted by molar-refractivity contribution is -2.00. The number of aromatic nitrogens is 1. The zero-order valence-electron chi connectivity index (χ0n) is 12.5. The molecule has 8 nitrogen and oxygen atoms in total. The fourth-order valence-electron chi connectivity index (χ4n) is 1.76. The third-order valence-electron chi connectivity index (χ3n) is 2.68. The molecule has 0 spiro atoms. The van der Waals surface area contributed by atoms with Gasteiger partial charge in [-0.25, -0.2) is 28.4 Å². The maximum atomic E-state index is 11.9. The van der Waals surface area contributed by atoms with Crippen molar-refractivity contribution in [3.63, 3.8) is 0 Å². The van der Waals surface area contributed by atoms with Gasteiger partial charge in [0.15, 0.2) is 12.4 Å². The normalized spacial score (nSPS) is 10.3.